The minimum atomic E-state index is -0.485. The number of para-hydroxylation sites is 1. The summed E-state index contributed by atoms with van der Waals surface area (Å²) in [7, 11) is 0. The molecule has 0 spiro atoms. The number of rotatable bonds is 7. The van der Waals surface area contributed by atoms with E-state index in [1.807, 2.05) is 6.07 Å². The Morgan fingerprint density at radius 2 is 1.92 bits per heavy atom. The van der Waals surface area contributed by atoms with Crippen molar-refractivity contribution in [2.24, 2.45) is 0 Å². The number of benzene rings is 1. The average Bonchev–Trinajstić information content (AvgIpc) is 3.24. The second kappa shape index (κ2) is 8.38. The minimum Gasteiger partial charge on any atom is -0.426 e. The number of esters is 1. The lowest BCUT2D eigenvalue weighted by Crippen LogP contribution is -2.10. The fourth-order valence-electron chi connectivity index (χ4n) is 1.52. The minimum absolute atomic E-state index is 0.0229. The summed E-state index contributed by atoms with van der Waals surface area (Å²) < 4.78 is 6.91. The maximum atomic E-state index is 11.8. The Labute approximate surface area is 157 Å². The summed E-state index contributed by atoms with van der Waals surface area (Å²) in [6.45, 7) is 0. The van der Waals surface area contributed by atoms with Gasteiger partial charge in [0, 0.05) is 0 Å². The lowest BCUT2D eigenvalue weighted by atomic mass is 10.3. The first kappa shape index (κ1) is 17.8. The number of ether oxygens (including phenoxy) is 1. The highest BCUT2D eigenvalue weighted by molar-refractivity contribution is 8.04. The van der Waals surface area contributed by atoms with E-state index in [0.717, 1.165) is 11.3 Å². The van der Waals surface area contributed by atoms with Gasteiger partial charge in [-0.2, -0.15) is 0 Å². The Morgan fingerprint density at radius 3 is 2.64 bits per heavy atom. The van der Waals surface area contributed by atoms with E-state index < -0.39 is 4.92 Å². The molecule has 0 N–H and O–H groups in total. The van der Waals surface area contributed by atoms with Crippen LogP contribution < -0.4 is 4.74 Å². The number of nitro groups is 1. The Balaban J connectivity index is 1.51. The van der Waals surface area contributed by atoms with Crippen LogP contribution in [0.2, 0.25) is 0 Å². The van der Waals surface area contributed by atoms with Gasteiger partial charge in [0.1, 0.15) is 11.9 Å². The molecule has 1 aromatic carbocycles. The Kier molecular flexibility index (Phi) is 5.96. The molecule has 0 atom stereocenters. The van der Waals surface area contributed by atoms with Gasteiger partial charge >= 0.3 is 11.0 Å². The fraction of sp³-hybridized carbons (Fsp3) is 0.0769. The van der Waals surface area contributed by atoms with E-state index in [1.165, 1.54) is 41.1 Å². The molecule has 0 bridgehead atoms. The van der Waals surface area contributed by atoms with E-state index in [0.29, 0.717) is 18.8 Å². The van der Waals surface area contributed by atoms with Crippen LogP contribution in [0.5, 0.6) is 5.75 Å². The van der Waals surface area contributed by atoms with E-state index in [9.17, 15) is 14.9 Å². The van der Waals surface area contributed by atoms with Gasteiger partial charge in [0.15, 0.2) is 13.0 Å². The Morgan fingerprint density at radius 1 is 1.16 bits per heavy atom. The van der Waals surface area contributed by atoms with Gasteiger partial charge in [-0.05, 0) is 35.2 Å². The summed E-state index contributed by atoms with van der Waals surface area (Å²) in [5.74, 6) is 0.222. The molecule has 0 aliphatic rings. The van der Waals surface area contributed by atoms with Crippen LogP contribution in [-0.4, -0.2) is 31.8 Å². The summed E-state index contributed by atoms with van der Waals surface area (Å²) in [5.41, 5.74) is 0. The predicted octanol–water partition coefficient (Wildman–Crippen LogP) is 3.75. The van der Waals surface area contributed by atoms with E-state index in [-0.39, 0.29) is 16.7 Å². The molecule has 0 amide bonds. The first-order valence-electron chi connectivity index (χ1n) is 6.60. The summed E-state index contributed by atoms with van der Waals surface area (Å²) in [6, 6.07) is 8.81. The highest BCUT2D eigenvalue weighted by Gasteiger charge is 2.15. The number of nitrogens with zero attached hydrogens (tertiary/aromatic N) is 4. The van der Waals surface area contributed by atoms with E-state index in [4.69, 9.17) is 4.74 Å². The SMILES string of the molecule is O=C(CSc1nnc(Sc2ncc([N+](=O)[O-])s2)s1)Oc1ccccc1. The number of thioether (sulfide) groups is 1. The Bertz CT molecular complexity index is 883. The van der Waals surface area contributed by atoms with E-state index in [1.54, 1.807) is 24.3 Å². The molecular weight excluding hydrogens is 404 g/mol. The molecule has 0 saturated heterocycles. The first-order valence-corrected chi connectivity index (χ1v) is 10.0. The fourth-order valence-corrected chi connectivity index (χ4v) is 5.30. The quantitative estimate of drug-likeness (QED) is 0.188. The molecule has 0 radical (unpaired) electrons. The van der Waals surface area contributed by atoms with Crippen LogP contribution in [0.15, 0.2) is 49.5 Å². The molecule has 0 fully saturated rings. The summed E-state index contributed by atoms with van der Waals surface area (Å²) in [4.78, 5) is 25.9. The van der Waals surface area contributed by atoms with Crippen molar-refractivity contribution in [1.29, 1.82) is 0 Å². The van der Waals surface area contributed by atoms with Crippen molar-refractivity contribution in [2.75, 3.05) is 5.75 Å². The number of hydrogen-bond acceptors (Lipinski definition) is 11. The van der Waals surface area contributed by atoms with Crippen molar-refractivity contribution in [3.05, 3.63) is 46.6 Å². The monoisotopic (exact) mass is 412 g/mol. The first-order chi connectivity index (χ1) is 12.1. The smallest absolute Gasteiger partial charge is 0.344 e. The molecule has 0 saturated carbocycles. The lowest BCUT2D eigenvalue weighted by molar-refractivity contribution is -0.380. The van der Waals surface area contributed by atoms with Crippen LogP contribution in [-0.2, 0) is 4.79 Å². The van der Waals surface area contributed by atoms with Gasteiger partial charge in [-0.15, -0.1) is 10.2 Å². The molecule has 0 aliphatic carbocycles. The maximum absolute atomic E-state index is 11.8. The average molecular weight is 412 g/mol. The largest absolute Gasteiger partial charge is 0.426 e. The number of carbonyl (C=O) groups is 1. The van der Waals surface area contributed by atoms with Crippen molar-refractivity contribution in [1.82, 2.24) is 15.2 Å². The van der Waals surface area contributed by atoms with Crippen LogP contribution in [0.4, 0.5) is 5.00 Å². The zero-order valence-corrected chi connectivity index (χ0v) is 15.5. The number of aromatic nitrogens is 3. The molecule has 0 unspecified atom stereocenters. The van der Waals surface area contributed by atoms with Gasteiger partial charge in [0.2, 0.25) is 0 Å². The second-order valence-corrected chi connectivity index (χ2v) is 8.94. The molecule has 128 valence electrons. The zero-order chi connectivity index (χ0) is 17.6. The van der Waals surface area contributed by atoms with Crippen molar-refractivity contribution in [3.63, 3.8) is 0 Å². The van der Waals surface area contributed by atoms with Crippen LogP contribution in [0, 0.1) is 10.1 Å². The maximum Gasteiger partial charge on any atom is 0.344 e. The molecule has 25 heavy (non-hydrogen) atoms. The van der Waals surface area contributed by atoms with Gasteiger partial charge in [-0.3, -0.25) is 14.9 Å². The van der Waals surface area contributed by atoms with Crippen LogP contribution >= 0.6 is 46.2 Å². The zero-order valence-electron chi connectivity index (χ0n) is 12.2. The predicted molar refractivity (Wildman–Crippen MR) is 95.6 cm³/mol. The lowest BCUT2D eigenvalue weighted by Gasteiger charge is -2.01. The number of carbonyl (C=O) groups excluding carboxylic acids is 1. The van der Waals surface area contributed by atoms with Gasteiger partial charge in [-0.1, -0.05) is 41.3 Å². The molecule has 3 aromatic rings. The van der Waals surface area contributed by atoms with Crippen molar-refractivity contribution in [2.45, 2.75) is 13.0 Å². The summed E-state index contributed by atoms with van der Waals surface area (Å²) in [5, 5.41) is 18.6. The molecule has 2 aromatic heterocycles. The van der Waals surface area contributed by atoms with Crippen molar-refractivity contribution in [3.8, 4) is 5.75 Å². The molecular formula is C13H8N4O4S4. The van der Waals surface area contributed by atoms with Gasteiger partial charge in [0.25, 0.3) is 0 Å². The molecule has 12 heteroatoms. The normalized spacial score (nSPS) is 10.6. The Hall–Kier alpha value is -2.02. The standard InChI is InChI=1S/C13H8N4O4S4/c18-10(21-8-4-2-1-3-5-8)7-22-12-15-16-13(25-12)24-11-14-6-9(23-11)17(19)20/h1-6H,7H2. The van der Waals surface area contributed by atoms with Gasteiger partial charge in [0.05, 0.1) is 10.7 Å². The highest BCUT2D eigenvalue weighted by Crippen LogP contribution is 2.37. The van der Waals surface area contributed by atoms with Gasteiger partial charge < -0.3 is 4.74 Å². The molecule has 2 heterocycles. The third-order valence-electron chi connectivity index (χ3n) is 2.50. The van der Waals surface area contributed by atoms with Gasteiger partial charge in [-0.25, -0.2) is 4.98 Å². The third kappa shape index (κ3) is 5.22. The highest BCUT2D eigenvalue weighted by atomic mass is 32.2. The second-order valence-electron chi connectivity index (χ2n) is 4.23. The van der Waals surface area contributed by atoms with Crippen LogP contribution in [0.3, 0.4) is 0 Å². The third-order valence-corrected chi connectivity index (χ3v) is 6.61. The van der Waals surface area contributed by atoms with E-state index in [2.05, 4.69) is 15.2 Å². The number of thiazole rings is 1. The van der Waals surface area contributed by atoms with E-state index >= 15 is 0 Å². The van der Waals surface area contributed by atoms with Crippen molar-refractivity contribution < 1.29 is 14.5 Å². The number of hydrogen-bond donors (Lipinski definition) is 0. The topological polar surface area (TPSA) is 108 Å². The van der Waals surface area contributed by atoms with Crippen LogP contribution in [0.1, 0.15) is 0 Å². The molecule has 0 aliphatic heterocycles. The summed E-state index contributed by atoms with van der Waals surface area (Å²) in [6.07, 6.45) is 1.21. The summed E-state index contributed by atoms with van der Waals surface area (Å²) >= 11 is 4.68. The van der Waals surface area contributed by atoms with Crippen LogP contribution in [0.25, 0.3) is 0 Å². The molecule has 3 rings (SSSR count). The van der Waals surface area contributed by atoms with Crippen molar-refractivity contribution >= 4 is 57.2 Å². The molecule has 8 nitrogen and oxygen atoms in total.